The maximum atomic E-state index is 6.29. The molecule has 21 heavy (non-hydrogen) atoms. The molecular weight excluding hydrogens is 288 g/mol. The second-order valence-electron chi connectivity index (χ2n) is 5.27. The first-order valence-electron chi connectivity index (χ1n) is 6.87. The van der Waals surface area contributed by atoms with E-state index in [1.54, 1.807) is 0 Å². The summed E-state index contributed by atoms with van der Waals surface area (Å²) in [5, 5.41) is 3.81. The van der Waals surface area contributed by atoms with Crippen molar-refractivity contribution in [3.8, 4) is 0 Å². The molecule has 6 heteroatoms. The molecule has 3 heterocycles. The zero-order valence-electron chi connectivity index (χ0n) is 12.5. The van der Waals surface area contributed by atoms with Gasteiger partial charge in [-0.3, -0.25) is 0 Å². The van der Waals surface area contributed by atoms with Crippen LogP contribution in [0.15, 0.2) is 16.7 Å². The fourth-order valence-electron chi connectivity index (χ4n) is 2.46. The summed E-state index contributed by atoms with van der Waals surface area (Å²) in [6, 6.07) is 3.93. The molecule has 1 atom stereocenters. The predicted molar refractivity (Wildman–Crippen MR) is 81.6 cm³/mol. The van der Waals surface area contributed by atoms with E-state index in [1.807, 2.05) is 44.4 Å². The fraction of sp³-hybridized carbons (Fsp3) is 0.400. The molecule has 1 unspecified atom stereocenters. The van der Waals surface area contributed by atoms with Gasteiger partial charge in [0.25, 0.3) is 0 Å². The first-order valence-corrected chi connectivity index (χ1v) is 7.30. The highest BCUT2D eigenvalue weighted by molar-refractivity contribution is 6.20. The largest absolute Gasteiger partial charge is 0.361 e. The summed E-state index contributed by atoms with van der Waals surface area (Å²) >= 11 is 6.29. The minimum absolute atomic E-state index is 0.194. The van der Waals surface area contributed by atoms with Crippen LogP contribution in [0.4, 0.5) is 0 Å². The third-order valence-electron chi connectivity index (χ3n) is 3.61. The lowest BCUT2D eigenvalue weighted by atomic mass is 10.2. The normalized spacial score (nSPS) is 13.0. The minimum atomic E-state index is -0.194. The van der Waals surface area contributed by atoms with Crippen molar-refractivity contribution in [1.29, 1.82) is 0 Å². The van der Waals surface area contributed by atoms with Gasteiger partial charge >= 0.3 is 0 Å². The Labute approximate surface area is 127 Å². The maximum absolute atomic E-state index is 6.29. The van der Waals surface area contributed by atoms with Crippen molar-refractivity contribution in [3.63, 3.8) is 0 Å². The number of pyridine rings is 1. The molecule has 3 aromatic heterocycles. The summed E-state index contributed by atoms with van der Waals surface area (Å²) < 4.78 is 7.29. The molecule has 0 N–H and O–H groups in total. The van der Waals surface area contributed by atoms with Gasteiger partial charge in [-0.25, -0.2) is 9.97 Å². The summed E-state index contributed by atoms with van der Waals surface area (Å²) in [5.74, 6) is 1.62. The van der Waals surface area contributed by atoms with Crippen LogP contribution in [0.1, 0.15) is 40.8 Å². The molecule has 0 amide bonds. The Morgan fingerprint density at radius 2 is 2.00 bits per heavy atom. The van der Waals surface area contributed by atoms with Gasteiger partial charge in [-0.05, 0) is 39.8 Å². The number of aryl methyl sites for hydroxylation is 3. The molecule has 0 bridgehead atoms. The molecule has 0 aliphatic heterocycles. The van der Waals surface area contributed by atoms with Crippen LogP contribution in [-0.4, -0.2) is 19.7 Å². The van der Waals surface area contributed by atoms with Crippen LogP contribution in [0.25, 0.3) is 11.2 Å². The van der Waals surface area contributed by atoms with E-state index in [4.69, 9.17) is 16.1 Å². The fourth-order valence-corrected chi connectivity index (χ4v) is 2.63. The Morgan fingerprint density at radius 1 is 1.24 bits per heavy atom. The summed E-state index contributed by atoms with van der Waals surface area (Å²) in [5.41, 5.74) is 4.59. The molecule has 0 spiro atoms. The number of hydrogen-bond acceptors (Lipinski definition) is 4. The van der Waals surface area contributed by atoms with Gasteiger partial charge in [-0.15, -0.1) is 11.6 Å². The molecule has 0 aromatic carbocycles. The number of hydrogen-bond donors (Lipinski definition) is 0. The van der Waals surface area contributed by atoms with Crippen LogP contribution in [0.5, 0.6) is 0 Å². The summed E-state index contributed by atoms with van der Waals surface area (Å²) in [6.45, 7) is 8.35. The molecule has 0 fully saturated rings. The van der Waals surface area contributed by atoms with Crippen molar-refractivity contribution in [2.45, 2.75) is 39.6 Å². The summed E-state index contributed by atoms with van der Waals surface area (Å²) in [6.07, 6.45) is 0. The van der Waals surface area contributed by atoms with Crippen LogP contribution in [0.3, 0.4) is 0 Å². The summed E-state index contributed by atoms with van der Waals surface area (Å²) in [4.78, 5) is 9.22. The topological polar surface area (TPSA) is 56.7 Å². The smallest absolute Gasteiger partial charge is 0.160 e. The van der Waals surface area contributed by atoms with Crippen LogP contribution in [-0.2, 0) is 6.54 Å². The highest BCUT2D eigenvalue weighted by Gasteiger charge is 2.19. The number of aromatic nitrogens is 4. The quantitative estimate of drug-likeness (QED) is 0.692. The maximum Gasteiger partial charge on any atom is 0.160 e. The lowest BCUT2D eigenvalue weighted by Gasteiger charge is -2.09. The Hall–Kier alpha value is -1.88. The van der Waals surface area contributed by atoms with E-state index < -0.39 is 0 Å². The van der Waals surface area contributed by atoms with Crippen molar-refractivity contribution in [3.05, 3.63) is 40.7 Å². The summed E-state index contributed by atoms with van der Waals surface area (Å²) in [7, 11) is 0. The van der Waals surface area contributed by atoms with Gasteiger partial charge in [0.2, 0.25) is 0 Å². The molecule has 0 aliphatic rings. The average molecular weight is 305 g/mol. The van der Waals surface area contributed by atoms with Gasteiger partial charge in [0.1, 0.15) is 17.1 Å². The van der Waals surface area contributed by atoms with Crippen molar-refractivity contribution in [2.24, 2.45) is 0 Å². The Bertz CT molecular complexity index is 784. The minimum Gasteiger partial charge on any atom is -0.361 e. The standard InChI is InChI=1S/C15H17ClN4O/c1-8-5-6-13-15(17-8)20(14(18-13)9(2)16)7-12-10(3)19-21-11(12)4/h5-6,9H,7H2,1-4H3. The number of halogens is 1. The van der Waals surface area contributed by atoms with Gasteiger partial charge in [-0.1, -0.05) is 5.16 Å². The van der Waals surface area contributed by atoms with E-state index in [0.29, 0.717) is 6.54 Å². The molecule has 0 aliphatic carbocycles. The number of imidazole rings is 1. The molecule has 110 valence electrons. The van der Waals surface area contributed by atoms with E-state index >= 15 is 0 Å². The highest BCUT2D eigenvalue weighted by atomic mass is 35.5. The Balaban J connectivity index is 2.19. The zero-order chi connectivity index (χ0) is 15.1. The third kappa shape index (κ3) is 2.42. The Morgan fingerprint density at radius 3 is 2.62 bits per heavy atom. The number of nitrogens with zero attached hydrogens (tertiary/aromatic N) is 4. The van der Waals surface area contributed by atoms with Crippen LogP contribution in [0.2, 0.25) is 0 Å². The third-order valence-corrected chi connectivity index (χ3v) is 3.81. The monoisotopic (exact) mass is 304 g/mol. The molecular formula is C15H17ClN4O. The van der Waals surface area contributed by atoms with Crippen molar-refractivity contribution in [2.75, 3.05) is 0 Å². The molecule has 0 saturated carbocycles. The molecule has 0 radical (unpaired) electrons. The van der Waals surface area contributed by atoms with Gasteiger partial charge in [0.15, 0.2) is 5.65 Å². The van der Waals surface area contributed by atoms with Crippen LogP contribution in [0, 0.1) is 20.8 Å². The molecule has 5 nitrogen and oxygen atoms in total. The lowest BCUT2D eigenvalue weighted by Crippen LogP contribution is -2.08. The Kier molecular flexibility index (Phi) is 3.45. The number of fused-ring (bicyclic) bond motifs is 1. The second-order valence-corrected chi connectivity index (χ2v) is 5.92. The predicted octanol–water partition coefficient (Wildman–Crippen LogP) is 3.69. The zero-order valence-corrected chi connectivity index (χ0v) is 13.3. The van der Waals surface area contributed by atoms with Crippen LogP contribution >= 0.6 is 11.6 Å². The molecule has 3 rings (SSSR count). The first kappa shape index (κ1) is 14.1. The van der Waals surface area contributed by atoms with E-state index in [0.717, 1.165) is 39.7 Å². The van der Waals surface area contributed by atoms with E-state index in [2.05, 4.69) is 15.1 Å². The van der Waals surface area contributed by atoms with Crippen molar-refractivity contribution >= 4 is 22.8 Å². The molecule has 0 saturated heterocycles. The second kappa shape index (κ2) is 5.15. The SMILES string of the molecule is Cc1ccc2nc(C(C)Cl)n(Cc3c(C)noc3C)c2n1. The number of rotatable bonds is 3. The van der Waals surface area contributed by atoms with Gasteiger partial charge < -0.3 is 9.09 Å². The van der Waals surface area contributed by atoms with Gasteiger partial charge in [0.05, 0.1) is 17.6 Å². The first-order chi connectivity index (χ1) is 9.97. The van der Waals surface area contributed by atoms with Gasteiger partial charge in [-0.2, -0.15) is 0 Å². The van der Waals surface area contributed by atoms with Crippen molar-refractivity contribution < 1.29 is 4.52 Å². The number of alkyl halides is 1. The molecule has 3 aromatic rings. The average Bonchev–Trinajstić information content (AvgIpc) is 2.94. The van der Waals surface area contributed by atoms with E-state index in [-0.39, 0.29) is 5.38 Å². The highest BCUT2D eigenvalue weighted by Crippen LogP contribution is 2.26. The van der Waals surface area contributed by atoms with E-state index in [1.165, 1.54) is 0 Å². The van der Waals surface area contributed by atoms with E-state index in [9.17, 15) is 0 Å². The van der Waals surface area contributed by atoms with Crippen LogP contribution < -0.4 is 0 Å². The lowest BCUT2D eigenvalue weighted by molar-refractivity contribution is 0.392. The van der Waals surface area contributed by atoms with Crippen molar-refractivity contribution in [1.82, 2.24) is 19.7 Å². The van der Waals surface area contributed by atoms with Gasteiger partial charge in [0, 0.05) is 11.3 Å².